The highest BCUT2D eigenvalue weighted by Gasteiger charge is 2.15. The Labute approximate surface area is 133 Å². The molecule has 0 aliphatic heterocycles. The molecular formula is C17H28N2O3. The number of ether oxygens (including phenoxy) is 2. The maximum atomic E-state index is 11.6. The third kappa shape index (κ3) is 6.45. The van der Waals surface area contributed by atoms with Crippen molar-refractivity contribution in [1.29, 1.82) is 0 Å². The lowest BCUT2D eigenvalue weighted by Gasteiger charge is -2.18. The van der Waals surface area contributed by atoms with Crippen LogP contribution in [0.15, 0.2) is 24.3 Å². The zero-order valence-corrected chi connectivity index (χ0v) is 13.9. The Kier molecular flexibility index (Phi) is 8.55. The van der Waals surface area contributed by atoms with Gasteiger partial charge in [0.1, 0.15) is 18.4 Å². The van der Waals surface area contributed by atoms with Gasteiger partial charge in [0.2, 0.25) is 0 Å². The van der Waals surface area contributed by atoms with Crippen LogP contribution in [0.25, 0.3) is 0 Å². The van der Waals surface area contributed by atoms with Gasteiger partial charge in [0.05, 0.1) is 6.61 Å². The van der Waals surface area contributed by atoms with Crippen LogP contribution in [0.2, 0.25) is 0 Å². The molecule has 0 radical (unpaired) electrons. The molecule has 1 unspecified atom stereocenters. The molecule has 0 spiro atoms. The molecule has 0 bridgehead atoms. The van der Waals surface area contributed by atoms with Crippen molar-refractivity contribution in [3.8, 4) is 5.75 Å². The van der Waals surface area contributed by atoms with E-state index in [0.29, 0.717) is 19.6 Å². The Morgan fingerprint density at radius 3 is 2.64 bits per heavy atom. The molecule has 0 aliphatic carbocycles. The average Bonchev–Trinajstić information content (AvgIpc) is 2.52. The molecule has 0 aliphatic rings. The van der Waals surface area contributed by atoms with Crippen LogP contribution in [0.4, 0.5) is 0 Å². The molecule has 1 aromatic rings. The summed E-state index contributed by atoms with van der Waals surface area (Å²) in [5, 5.41) is 0. The Morgan fingerprint density at radius 1 is 1.27 bits per heavy atom. The van der Waals surface area contributed by atoms with Crippen molar-refractivity contribution >= 4 is 5.97 Å². The highest BCUT2D eigenvalue weighted by atomic mass is 16.5. The minimum absolute atomic E-state index is 0.348. The number of rotatable bonds is 10. The van der Waals surface area contributed by atoms with E-state index in [1.165, 1.54) is 0 Å². The molecule has 0 aromatic heterocycles. The van der Waals surface area contributed by atoms with Gasteiger partial charge in [-0.25, -0.2) is 0 Å². The van der Waals surface area contributed by atoms with Crippen molar-refractivity contribution in [2.75, 3.05) is 32.8 Å². The van der Waals surface area contributed by atoms with E-state index in [-0.39, 0.29) is 5.97 Å². The fraction of sp³-hybridized carbons (Fsp3) is 0.588. The lowest BCUT2D eigenvalue weighted by Crippen LogP contribution is -2.34. The van der Waals surface area contributed by atoms with Crippen LogP contribution in [-0.4, -0.2) is 49.8 Å². The first kappa shape index (κ1) is 18.5. The second-order valence-corrected chi connectivity index (χ2v) is 5.09. The van der Waals surface area contributed by atoms with Gasteiger partial charge in [-0.3, -0.25) is 4.79 Å². The lowest BCUT2D eigenvalue weighted by atomic mass is 10.1. The van der Waals surface area contributed by atoms with Crippen molar-refractivity contribution in [2.24, 2.45) is 5.73 Å². The average molecular weight is 308 g/mol. The zero-order chi connectivity index (χ0) is 16.4. The topological polar surface area (TPSA) is 64.8 Å². The predicted molar refractivity (Wildman–Crippen MR) is 88.0 cm³/mol. The Hall–Kier alpha value is -1.59. The van der Waals surface area contributed by atoms with E-state index in [0.717, 1.165) is 30.9 Å². The standard InChI is InChI=1S/C17H28N2O3/c1-4-19(5-2)10-11-22-15-9-7-8-14(12-15)13-16(18)17(20)21-6-3/h7-9,12,16H,4-6,10-11,13,18H2,1-3H3. The summed E-state index contributed by atoms with van der Waals surface area (Å²) in [6.45, 7) is 10.00. The first-order valence-electron chi connectivity index (χ1n) is 7.96. The molecule has 1 rings (SSSR count). The highest BCUT2D eigenvalue weighted by molar-refractivity contribution is 5.75. The van der Waals surface area contributed by atoms with E-state index in [1.807, 2.05) is 24.3 Å². The van der Waals surface area contributed by atoms with E-state index >= 15 is 0 Å². The van der Waals surface area contributed by atoms with Crippen molar-refractivity contribution in [1.82, 2.24) is 4.90 Å². The molecule has 1 atom stereocenters. The number of carbonyl (C=O) groups is 1. The number of likely N-dealkylation sites (N-methyl/N-ethyl adjacent to an activating group) is 1. The van der Waals surface area contributed by atoms with Gasteiger partial charge >= 0.3 is 5.97 Å². The highest BCUT2D eigenvalue weighted by Crippen LogP contribution is 2.14. The summed E-state index contributed by atoms with van der Waals surface area (Å²) in [4.78, 5) is 13.9. The fourth-order valence-corrected chi connectivity index (χ4v) is 2.18. The number of benzene rings is 1. The maximum absolute atomic E-state index is 11.6. The predicted octanol–water partition coefficient (Wildman–Crippen LogP) is 1.84. The van der Waals surface area contributed by atoms with E-state index < -0.39 is 6.04 Å². The van der Waals surface area contributed by atoms with E-state index in [1.54, 1.807) is 6.92 Å². The molecule has 0 amide bonds. The van der Waals surface area contributed by atoms with Gasteiger partial charge in [-0.05, 0) is 44.1 Å². The molecule has 5 nitrogen and oxygen atoms in total. The summed E-state index contributed by atoms with van der Waals surface area (Å²) in [5.74, 6) is 0.441. The van der Waals surface area contributed by atoms with Crippen LogP contribution in [0.5, 0.6) is 5.75 Å². The molecule has 0 heterocycles. The van der Waals surface area contributed by atoms with Crippen LogP contribution in [-0.2, 0) is 16.0 Å². The Bertz CT molecular complexity index is 447. The Morgan fingerprint density at radius 2 is 2.00 bits per heavy atom. The Balaban J connectivity index is 2.50. The van der Waals surface area contributed by atoms with E-state index in [2.05, 4.69) is 18.7 Å². The van der Waals surface area contributed by atoms with Gasteiger partial charge in [0.15, 0.2) is 0 Å². The number of nitrogens with zero attached hydrogens (tertiary/aromatic N) is 1. The van der Waals surface area contributed by atoms with Crippen molar-refractivity contribution < 1.29 is 14.3 Å². The number of nitrogens with two attached hydrogens (primary N) is 1. The molecule has 0 fully saturated rings. The summed E-state index contributed by atoms with van der Waals surface area (Å²) in [5.41, 5.74) is 6.81. The summed E-state index contributed by atoms with van der Waals surface area (Å²) in [6, 6.07) is 7.07. The van der Waals surface area contributed by atoms with Gasteiger partial charge in [-0.2, -0.15) is 0 Å². The van der Waals surface area contributed by atoms with E-state index in [9.17, 15) is 4.79 Å². The molecule has 5 heteroatoms. The number of hydrogen-bond acceptors (Lipinski definition) is 5. The lowest BCUT2D eigenvalue weighted by molar-refractivity contribution is -0.144. The maximum Gasteiger partial charge on any atom is 0.323 e. The molecule has 1 aromatic carbocycles. The second-order valence-electron chi connectivity index (χ2n) is 5.09. The van der Waals surface area contributed by atoms with Crippen LogP contribution in [0, 0.1) is 0 Å². The SMILES string of the molecule is CCOC(=O)C(N)Cc1cccc(OCCN(CC)CC)c1. The normalized spacial score (nSPS) is 12.2. The van der Waals surface area contributed by atoms with Crippen molar-refractivity contribution in [3.05, 3.63) is 29.8 Å². The zero-order valence-electron chi connectivity index (χ0n) is 13.9. The van der Waals surface area contributed by atoms with Gasteiger partial charge in [-0.1, -0.05) is 26.0 Å². The summed E-state index contributed by atoms with van der Waals surface area (Å²) in [6.07, 6.45) is 0.450. The molecular weight excluding hydrogens is 280 g/mol. The fourth-order valence-electron chi connectivity index (χ4n) is 2.18. The minimum Gasteiger partial charge on any atom is -0.492 e. The van der Waals surface area contributed by atoms with Gasteiger partial charge in [0, 0.05) is 6.54 Å². The number of esters is 1. The quantitative estimate of drug-likeness (QED) is 0.668. The minimum atomic E-state index is -0.633. The van der Waals surface area contributed by atoms with Gasteiger partial charge in [0.25, 0.3) is 0 Å². The summed E-state index contributed by atoms with van der Waals surface area (Å²) < 4.78 is 10.7. The molecule has 2 N–H and O–H groups in total. The molecule has 0 saturated heterocycles. The smallest absolute Gasteiger partial charge is 0.323 e. The van der Waals surface area contributed by atoms with Crippen LogP contribution < -0.4 is 10.5 Å². The van der Waals surface area contributed by atoms with Crippen molar-refractivity contribution in [2.45, 2.75) is 33.2 Å². The van der Waals surface area contributed by atoms with Gasteiger partial charge < -0.3 is 20.1 Å². The van der Waals surface area contributed by atoms with Crippen molar-refractivity contribution in [3.63, 3.8) is 0 Å². The number of hydrogen-bond donors (Lipinski definition) is 1. The first-order valence-corrected chi connectivity index (χ1v) is 7.96. The van der Waals surface area contributed by atoms with Crippen LogP contribution in [0.1, 0.15) is 26.3 Å². The third-order valence-electron chi connectivity index (χ3n) is 3.51. The van der Waals surface area contributed by atoms with Crippen LogP contribution >= 0.6 is 0 Å². The molecule has 124 valence electrons. The number of carbonyl (C=O) groups excluding carboxylic acids is 1. The molecule has 0 saturated carbocycles. The monoisotopic (exact) mass is 308 g/mol. The van der Waals surface area contributed by atoms with E-state index in [4.69, 9.17) is 15.2 Å². The largest absolute Gasteiger partial charge is 0.492 e. The molecule has 22 heavy (non-hydrogen) atoms. The van der Waals surface area contributed by atoms with Gasteiger partial charge in [-0.15, -0.1) is 0 Å². The van der Waals surface area contributed by atoms with Crippen LogP contribution in [0.3, 0.4) is 0 Å². The second kappa shape index (κ2) is 10.2. The third-order valence-corrected chi connectivity index (χ3v) is 3.51. The summed E-state index contributed by atoms with van der Waals surface area (Å²) >= 11 is 0. The first-order chi connectivity index (χ1) is 10.6. The summed E-state index contributed by atoms with van der Waals surface area (Å²) in [7, 11) is 0.